The Labute approximate surface area is 127 Å². The number of morpholine rings is 1. The van der Waals surface area contributed by atoms with Crippen molar-refractivity contribution in [3.8, 4) is 5.75 Å². The minimum absolute atomic E-state index is 0.0246. The van der Waals surface area contributed by atoms with Gasteiger partial charge in [0.1, 0.15) is 18.9 Å². The first-order chi connectivity index (χ1) is 9.94. The molecule has 1 fully saturated rings. The number of ether oxygens (including phenoxy) is 2. The molecule has 8 nitrogen and oxygen atoms in total. The van der Waals surface area contributed by atoms with E-state index in [0.29, 0.717) is 43.6 Å². The lowest BCUT2D eigenvalue weighted by Gasteiger charge is -2.40. The topological polar surface area (TPSA) is 90.9 Å². The third-order valence-electron chi connectivity index (χ3n) is 3.22. The maximum absolute atomic E-state index is 11.1. The number of anilines is 1. The van der Waals surface area contributed by atoms with Crippen LogP contribution in [0.3, 0.4) is 0 Å². The molecule has 1 aromatic rings. The number of aromatic nitrogens is 2. The van der Waals surface area contributed by atoms with Crippen molar-refractivity contribution >= 4 is 27.5 Å². The van der Waals surface area contributed by atoms with Gasteiger partial charge in [0, 0.05) is 6.54 Å². The quantitative estimate of drug-likeness (QED) is 0.571. The fourth-order valence-corrected chi connectivity index (χ4v) is 2.82. The van der Waals surface area contributed by atoms with E-state index in [4.69, 9.17) is 25.3 Å². The molecule has 0 saturated carbocycles. The third kappa shape index (κ3) is 3.20. The third-order valence-corrected chi connectivity index (χ3v) is 3.93. The van der Waals surface area contributed by atoms with Crippen LogP contribution in [0.1, 0.15) is 5.69 Å². The van der Waals surface area contributed by atoms with Crippen LogP contribution in [0.5, 0.6) is 5.75 Å². The van der Waals surface area contributed by atoms with Crippen LogP contribution in [-0.2, 0) is 25.6 Å². The molecule has 1 saturated heterocycles. The minimum Gasteiger partial charge on any atom is -0.486 e. The summed E-state index contributed by atoms with van der Waals surface area (Å²) < 4.78 is 38.1. The van der Waals surface area contributed by atoms with Crippen LogP contribution in [0.2, 0.25) is 5.28 Å². The highest BCUT2D eigenvalue weighted by molar-refractivity contribution is 7.85. The van der Waals surface area contributed by atoms with Gasteiger partial charge >= 0.3 is 0 Å². The maximum atomic E-state index is 11.1. The first-order valence-electron chi connectivity index (χ1n) is 6.32. The van der Waals surface area contributed by atoms with Crippen molar-refractivity contribution in [1.82, 2.24) is 9.97 Å². The van der Waals surface area contributed by atoms with Crippen LogP contribution < -0.4 is 9.64 Å². The number of fused-ring (bicyclic) bond motifs is 3. The predicted molar refractivity (Wildman–Crippen MR) is 74.1 cm³/mol. The van der Waals surface area contributed by atoms with Crippen molar-refractivity contribution < 1.29 is 22.1 Å². The molecule has 10 heteroatoms. The summed E-state index contributed by atoms with van der Waals surface area (Å²) in [6.07, 6.45) is 0.973. The number of rotatable bonds is 3. The highest BCUT2D eigenvalue weighted by atomic mass is 35.5. The van der Waals surface area contributed by atoms with Gasteiger partial charge in [-0.25, -0.2) is 4.98 Å². The summed E-state index contributed by atoms with van der Waals surface area (Å²) in [5.74, 6) is 0.975. The van der Waals surface area contributed by atoms with Crippen LogP contribution in [-0.4, -0.2) is 57.0 Å². The van der Waals surface area contributed by atoms with Gasteiger partial charge < -0.3 is 14.4 Å². The van der Waals surface area contributed by atoms with Crippen molar-refractivity contribution in [2.45, 2.75) is 12.6 Å². The Morgan fingerprint density at radius 1 is 1.43 bits per heavy atom. The molecule has 2 aliphatic heterocycles. The Morgan fingerprint density at radius 2 is 2.24 bits per heavy atom. The molecule has 3 rings (SSSR count). The van der Waals surface area contributed by atoms with Gasteiger partial charge in [0.05, 0.1) is 25.5 Å². The molecular weight excluding hydrogens is 322 g/mol. The molecule has 0 N–H and O–H groups in total. The minimum atomic E-state index is -3.58. The second kappa shape index (κ2) is 5.56. The molecule has 2 aliphatic rings. The van der Waals surface area contributed by atoms with Crippen molar-refractivity contribution in [3.63, 3.8) is 0 Å². The Hall–Kier alpha value is -1.16. The van der Waals surface area contributed by atoms with Crippen LogP contribution in [0.15, 0.2) is 0 Å². The Balaban J connectivity index is 1.94. The Kier molecular flexibility index (Phi) is 3.91. The molecule has 0 aliphatic carbocycles. The number of hydrogen-bond acceptors (Lipinski definition) is 8. The molecule has 3 heterocycles. The molecule has 1 aromatic heterocycles. The van der Waals surface area contributed by atoms with E-state index < -0.39 is 10.1 Å². The van der Waals surface area contributed by atoms with E-state index in [-0.39, 0.29) is 17.9 Å². The normalized spacial score (nSPS) is 21.4. The van der Waals surface area contributed by atoms with Gasteiger partial charge in [0.2, 0.25) is 5.28 Å². The van der Waals surface area contributed by atoms with Gasteiger partial charge in [0.15, 0.2) is 11.6 Å². The van der Waals surface area contributed by atoms with Crippen molar-refractivity contribution in [1.29, 1.82) is 0 Å². The average molecular weight is 336 g/mol. The van der Waals surface area contributed by atoms with E-state index in [9.17, 15) is 8.42 Å². The van der Waals surface area contributed by atoms with Crippen molar-refractivity contribution in [2.75, 3.05) is 37.5 Å². The van der Waals surface area contributed by atoms with Gasteiger partial charge in [-0.15, -0.1) is 0 Å². The number of hydrogen-bond donors (Lipinski definition) is 0. The van der Waals surface area contributed by atoms with Gasteiger partial charge in [-0.2, -0.15) is 13.4 Å². The smallest absolute Gasteiger partial charge is 0.264 e. The van der Waals surface area contributed by atoms with Crippen molar-refractivity contribution in [2.24, 2.45) is 0 Å². The van der Waals surface area contributed by atoms with E-state index in [1.807, 2.05) is 4.90 Å². The highest BCUT2D eigenvalue weighted by Crippen LogP contribution is 2.36. The lowest BCUT2D eigenvalue weighted by Crippen LogP contribution is -2.51. The largest absolute Gasteiger partial charge is 0.486 e. The first-order valence-corrected chi connectivity index (χ1v) is 8.51. The summed E-state index contributed by atoms with van der Waals surface area (Å²) in [5, 5.41) is 0.0246. The van der Waals surface area contributed by atoms with Crippen LogP contribution in [0.25, 0.3) is 0 Å². The lowest BCUT2D eigenvalue weighted by atomic mass is 10.2. The maximum Gasteiger partial charge on any atom is 0.264 e. The van der Waals surface area contributed by atoms with Gasteiger partial charge in [-0.1, -0.05) is 0 Å². The van der Waals surface area contributed by atoms with Crippen LogP contribution >= 0.6 is 11.6 Å². The van der Waals surface area contributed by atoms with E-state index in [1.165, 1.54) is 0 Å². The molecular formula is C11H14ClN3O5S. The molecule has 0 amide bonds. The molecule has 0 radical (unpaired) electrons. The summed E-state index contributed by atoms with van der Waals surface area (Å²) >= 11 is 5.92. The number of nitrogens with zero attached hydrogens (tertiary/aromatic N) is 3. The lowest BCUT2D eigenvalue weighted by molar-refractivity contribution is 0.0689. The molecule has 0 bridgehead atoms. The highest BCUT2D eigenvalue weighted by Gasteiger charge is 2.34. The summed E-state index contributed by atoms with van der Waals surface area (Å²) in [4.78, 5) is 10.2. The summed E-state index contributed by atoms with van der Waals surface area (Å²) in [7, 11) is -3.58. The monoisotopic (exact) mass is 335 g/mol. The van der Waals surface area contributed by atoms with E-state index >= 15 is 0 Å². The van der Waals surface area contributed by atoms with Gasteiger partial charge in [0.25, 0.3) is 10.1 Å². The van der Waals surface area contributed by atoms with Crippen LogP contribution in [0, 0.1) is 0 Å². The van der Waals surface area contributed by atoms with E-state index in [0.717, 1.165) is 6.26 Å². The average Bonchev–Trinajstić information content (AvgIpc) is 2.43. The predicted octanol–water partition coefficient (Wildman–Crippen LogP) is 0.204. The summed E-state index contributed by atoms with van der Waals surface area (Å²) in [6.45, 7) is 1.99. The second-order valence-electron chi connectivity index (χ2n) is 4.79. The zero-order valence-electron chi connectivity index (χ0n) is 11.3. The fraction of sp³-hybridized carbons (Fsp3) is 0.636. The van der Waals surface area contributed by atoms with Crippen LogP contribution in [0.4, 0.5) is 5.82 Å². The molecule has 21 heavy (non-hydrogen) atoms. The molecule has 1 unspecified atom stereocenters. The van der Waals surface area contributed by atoms with Crippen molar-refractivity contribution in [3.05, 3.63) is 11.0 Å². The van der Waals surface area contributed by atoms with Gasteiger partial charge in [-0.05, 0) is 11.6 Å². The number of halogens is 1. The summed E-state index contributed by atoms with van der Waals surface area (Å²) in [5.41, 5.74) is 0.320. The SMILES string of the molecule is CS(=O)(=O)OCc1nc(Cl)nc2c1OCC1COCCN21. The first kappa shape index (κ1) is 14.8. The Bertz CT molecular complexity index is 654. The van der Waals surface area contributed by atoms with Gasteiger partial charge in [-0.3, -0.25) is 4.18 Å². The summed E-state index contributed by atoms with van der Waals surface area (Å²) in [6, 6.07) is 0.0703. The zero-order valence-corrected chi connectivity index (χ0v) is 12.9. The zero-order chi connectivity index (χ0) is 15.0. The Morgan fingerprint density at radius 3 is 3.00 bits per heavy atom. The van der Waals surface area contributed by atoms with E-state index in [2.05, 4.69) is 9.97 Å². The fourth-order valence-electron chi connectivity index (χ4n) is 2.31. The molecule has 0 spiro atoms. The van der Waals surface area contributed by atoms with E-state index in [1.54, 1.807) is 0 Å². The second-order valence-corrected chi connectivity index (χ2v) is 6.77. The molecule has 116 valence electrons. The standard InChI is InChI=1S/C11H14ClN3O5S/c1-21(16,17)20-6-8-9-10(14-11(12)13-8)15-2-3-18-4-7(15)5-19-9/h7H,2-6H2,1H3. The molecule has 1 atom stereocenters. The molecule has 0 aromatic carbocycles.